The molecule has 1 aromatic rings. The van der Waals surface area contributed by atoms with Crippen LogP contribution in [0, 0.1) is 5.92 Å². The van der Waals surface area contributed by atoms with Gasteiger partial charge in [-0.3, -0.25) is 0 Å². The summed E-state index contributed by atoms with van der Waals surface area (Å²) in [6.45, 7) is 6.88. The molecule has 1 aliphatic heterocycles. The number of nitrogen functional groups attached to an aromatic ring is 1. The first-order valence-electron chi connectivity index (χ1n) is 6.06. The van der Waals surface area contributed by atoms with E-state index in [1.165, 1.54) is 0 Å². The van der Waals surface area contributed by atoms with Crippen LogP contribution in [0.5, 0.6) is 0 Å². The van der Waals surface area contributed by atoms with Crippen molar-refractivity contribution in [3.63, 3.8) is 0 Å². The van der Waals surface area contributed by atoms with Gasteiger partial charge in [0.15, 0.2) is 5.82 Å². The number of nitrogens with zero attached hydrogens (tertiary/aromatic N) is 2. The fourth-order valence-corrected chi connectivity index (χ4v) is 2.01. The zero-order valence-corrected chi connectivity index (χ0v) is 10.9. The van der Waals surface area contributed by atoms with Crippen molar-refractivity contribution in [2.45, 2.75) is 20.8 Å². The van der Waals surface area contributed by atoms with Crippen molar-refractivity contribution in [3.8, 4) is 0 Å². The molecule has 6 nitrogen and oxygen atoms in total. The van der Waals surface area contributed by atoms with E-state index in [2.05, 4.69) is 24.3 Å². The number of fused-ring (bicyclic) bond motifs is 1. The molecule has 0 saturated carbocycles. The van der Waals surface area contributed by atoms with Crippen LogP contribution in [0.2, 0.25) is 0 Å². The van der Waals surface area contributed by atoms with Crippen molar-refractivity contribution in [3.05, 3.63) is 11.6 Å². The summed E-state index contributed by atoms with van der Waals surface area (Å²) in [4.78, 5) is 11.9. The van der Waals surface area contributed by atoms with Gasteiger partial charge >= 0.3 is 5.97 Å². The molecule has 0 aromatic carbocycles. The Balaban J connectivity index is 2.47. The number of carbonyl (C=O) groups excluding carboxylic acids is 1. The third-order valence-electron chi connectivity index (χ3n) is 2.81. The molecule has 2 heterocycles. The Kier molecular flexibility index (Phi) is 3.27. The second-order valence-electron chi connectivity index (χ2n) is 4.41. The van der Waals surface area contributed by atoms with Crippen molar-refractivity contribution in [2.24, 2.45) is 5.92 Å². The van der Waals surface area contributed by atoms with E-state index < -0.39 is 5.97 Å². The predicted molar refractivity (Wildman–Crippen MR) is 70.2 cm³/mol. The van der Waals surface area contributed by atoms with Gasteiger partial charge in [-0.25, -0.2) is 9.48 Å². The van der Waals surface area contributed by atoms with Gasteiger partial charge in [0.2, 0.25) is 0 Å². The first-order chi connectivity index (χ1) is 8.56. The first-order valence-corrected chi connectivity index (χ1v) is 6.06. The maximum atomic E-state index is 11.9. The topological polar surface area (TPSA) is 82.2 Å². The minimum Gasteiger partial charge on any atom is -0.462 e. The van der Waals surface area contributed by atoms with E-state index in [4.69, 9.17) is 10.5 Å². The van der Waals surface area contributed by atoms with Crippen LogP contribution >= 0.6 is 0 Å². The van der Waals surface area contributed by atoms with Crippen LogP contribution < -0.4 is 11.1 Å². The van der Waals surface area contributed by atoms with Crippen LogP contribution in [0.4, 0.5) is 11.6 Å². The number of hydrogen-bond acceptors (Lipinski definition) is 5. The van der Waals surface area contributed by atoms with Gasteiger partial charge in [-0.2, -0.15) is 0 Å². The highest BCUT2D eigenvalue weighted by molar-refractivity contribution is 6.00. The smallest absolute Gasteiger partial charge is 0.345 e. The van der Waals surface area contributed by atoms with E-state index in [0.29, 0.717) is 30.5 Å². The van der Waals surface area contributed by atoms with Crippen LogP contribution in [-0.4, -0.2) is 28.9 Å². The third-order valence-corrected chi connectivity index (χ3v) is 2.81. The normalized spacial score (nSPS) is 13.9. The van der Waals surface area contributed by atoms with Crippen LogP contribution in [0.25, 0.3) is 5.70 Å². The van der Waals surface area contributed by atoms with Crippen molar-refractivity contribution in [1.82, 2.24) is 9.78 Å². The molecule has 0 amide bonds. The maximum Gasteiger partial charge on any atom is 0.345 e. The summed E-state index contributed by atoms with van der Waals surface area (Å²) in [7, 11) is 0. The fraction of sp³-hybridized carbons (Fsp3) is 0.500. The lowest BCUT2D eigenvalue weighted by Gasteiger charge is -2.20. The second kappa shape index (κ2) is 4.72. The van der Waals surface area contributed by atoms with Crippen LogP contribution in [-0.2, 0) is 4.74 Å². The van der Waals surface area contributed by atoms with Crippen LogP contribution in [0.1, 0.15) is 31.1 Å². The number of nitrogens with one attached hydrogen (secondary N) is 1. The summed E-state index contributed by atoms with van der Waals surface area (Å²) < 4.78 is 6.69. The summed E-state index contributed by atoms with van der Waals surface area (Å²) in [6.07, 6.45) is 2.04. The van der Waals surface area contributed by atoms with Crippen molar-refractivity contribution in [1.29, 1.82) is 0 Å². The Labute approximate surface area is 106 Å². The number of nitrogens with two attached hydrogens (primary N) is 1. The number of carbonyl (C=O) groups is 1. The highest BCUT2D eigenvalue weighted by Crippen LogP contribution is 2.31. The van der Waals surface area contributed by atoms with E-state index in [9.17, 15) is 4.79 Å². The second-order valence-corrected chi connectivity index (χ2v) is 4.41. The fourth-order valence-electron chi connectivity index (χ4n) is 2.01. The van der Waals surface area contributed by atoms with Gasteiger partial charge in [0.25, 0.3) is 0 Å². The zero-order valence-electron chi connectivity index (χ0n) is 10.9. The minimum absolute atomic E-state index is 0.199. The number of rotatable bonds is 3. The van der Waals surface area contributed by atoms with Crippen LogP contribution in [0.3, 0.4) is 0 Å². The van der Waals surface area contributed by atoms with Gasteiger partial charge in [-0.1, -0.05) is 13.8 Å². The van der Waals surface area contributed by atoms with E-state index in [1.807, 2.05) is 6.08 Å². The molecule has 1 aliphatic rings. The number of esters is 1. The summed E-state index contributed by atoms with van der Waals surface area (Å²) >= 11 is 0. The standard InChI is InChI=1S/C12H18N4O2/c1-4-18-12(17)9-10(13)15-16-8(7(2)3)5-6-14-11(9)16/h5,7,14H,4,6H2,1-3H3,(H2,13,15). The van der Waals surface area contributed by atoms with E-state index >= 15 is 0 Å². The molecule has 2 rings (SSSR count). The lowest BCUT2D eigenvalue weighted by Crippen LogP contribution is -2.19. The molecule has 3 N–H and O–H groups in total. The van der Waals surface area contributed by atoms with Crippen LogP contribution in [0.15, 0.2) is 6.08 Å². The molecule has 0 unspecified atom stereocenters. The van der Waals surface area contributed by atoms with E-state index in [-0.39, 0.29) is 5.82 Å². The van der Waals surface area contributed by atoms with Gasteiger partial charge in [-0.15, -0.1) is 5.10 Å². The van der Waals surface area contributed by atoms with E-state index in [0.717, 1.165) is 5.70 Å². The Morgan fingerprint density at radius 3 is 3.00 bits per heavy atom. The lowest BCUT2D eigenvalue weighted by atomic mass is 10.1. The highest BCUT2D eigenvalue weighted by Gasteiger charge is 2.27. The van der Waals surface area contributed by atoms with Gasteiger partial charge in [0, 0.05) is 12.2 Å². The average Bonchev–Trinajstić information content (AvgIpc) is 2.64. The molecule has 0 atom stereocenters. The molecule has 98 valence electrons. The predicted octanol–water partition coefficient (Wildman–Crippen LogP) is 1.56. The molecular weight excluding hydrogens is 232 g/mol. The molecule has 0 spiro atoms. The molecule has 0 saturated heterocycles. The molecular formula is C12H18N4O2. The summed E-state index contributed by atoms with van der Waals surface area (Å²) in [5.74, 6) is 0.690. The maximum absolute atomic E-state index is 11.9. The number of aromatic nitrogens is 2. The molecule has 0 bridgehead atoms. The molecule has 0 aliphatic carbocycles. The number of anilines is 2. The minimum atomic E-state index is -0.436. The number of allylic oxidation sites excluding steroid dienone is 1. The number of hydrogen-bond donors (Lipinski definition) is 2. The van der Waals surface area contributed by atoms with Gasteiger partial charge in [-0.05, 0) is 18.9 Å². The molecule has 6 heteroatoms. The Bertz CT molecular complexity index is 502. The summed E-state index contributed by atoms with van der Waals surface area (Å²) in [5.41, 5.74) is 7.17. The molecule has 18 heavy (non-hydrogen) atoms. The monoisotopic (exact) mass is 250 g/mol. The quantitative estimate of drug-likeness (QED) is 0.796. The van der Waals surface area contributed by atoms with Gasteiger partial charge in [0.05, 0.1) is 6.61 Å². The Morgan fingerprint density at radius 1 is 1.67 bits per heavy atom. The van der Waals surface area contributed by atoms with Gasteiger partial charge in [0.1, 0.15) is 11.4 Å². The largest absolute Gasteiger partial charge is 0.462 e. The Hall–Kier alpha value is -1.98. The highest BCUT2D eigenvalue weighted by atomic mass is 16.5. The SMILES string of the molecule is CCOC(=O)c1c(N)nn2c1NCC=C2C(C)C. The number of ether oxygens (including phenoxy) is 1. The lowest BCUT2D eigenvalue weighted by molar-refractivity contribution is 0.0528. The average molecular weight is 250 g/mol. The molecule has 1 aromatic heterocycles. The Morgan fingerprint density at radius 2 is 2.39 bits per heavy atom. The van der Waals surface area contributed by atoms with Crippen molar-refractivity contribution < 1.29 is 9.53 Å². The summed E-state index contributed by atoms with van der Waals surface area (Å²) in [6, 6.07) is 0. The molecule has 0 radical (unpaired) electrons. The first kappa shape index (κ1) is 12.5. The molecule has 0 fully saturated rings. The summed E-state index contributed by atoms with van der Waals surface area (Å²) in [5, 5.41) is 7.34. The zero-order chi connectivity index (χ0) is 13.3. The third kappa shape index (κ3) is 1.94. The van der Waals surface area contributed by atoms with E-state index in [1.54, 1.807) is 11.6 Å². The van der Waals surface area contributed by atoms with Crippen molar-refractivity contribution in [2.75, 3.05) is 24.2 Å². The van der Waals surface area contributed by atoms with Gasteiger partial charge < -0.3 is 15.8 Å². The van der Waals surface area contributed by atoms with Crippen molar-refractivity contribution >= 4 is 23.3 Å².